The molecule has 0 amide bonds. The molecule has 0 bridgehead atoms. The predicted octanol–water partition coefficient (Wildman–Crippen LogP) is 5.69. The van der Waals surface area contributed by atoms with E-state index in [9.17, 15) is 9.18 Å². The van der Waals surface area contributed by atoms with Crippen LogP contribution in [0.2, 0.25) is 0 Å². The van der Waals surface area contributed by atoms with Crippen LogP contribution in [-0.2, 0) is 29.0 Å². The van der Waals surface area contributed by atoms with Gasteiger partial charge in [0.25, 0.3) is 0 Å². The number of esters is 1. The Bertz CT molecular complexity index is 1900. The summed E-state index contributed by atoms with van der Waals surface area (Å²) >= 11 is 0. The predicted molar refractivity (Wildman–Crippen MR) is 159 cm³/mol. The van der Waals surface area contributed by atoms with Gasteiger partial charge in [0.15, 0.2) is 0 Å². The number of nitriles is 1. The van der Waals surface area contributed by atoms with E-state index in [0.29, 0.717) is 47.8 Å². The van der Waals surface area contributed by atoms with Gasteiger partial charge in [0, 0.05) is 42.8 Å². The number of imidazole rings is 1. The molecule has 0 saturated carbocycles. The Morgan fingerprint density at radius 2 is 1.86 bits per heavy atom. The lowest BCUT2D eigenvalue weighted by atomic mass is 9.99. The van der Waals surface area contributed by atoms with Crippen LogP contribution >= 0.6 is 0 Å². The fraction of sp³-hybridized carbons (Fsp3) is 0.176. The van der Waals surface area contributed by atoms with Crippen LogP contribution in [0.25, 0.3) is 22.3 Å². The van der Waals surface area contributed by atoms with Gasteiger partial charge in [0.05, 0.1) is 47.6 Å². The van der Waals surface area contributed by atoms with E-state index in [1.54, 1.807) is 43.5 Å². The molecule has 2 heterocycles. The van der Waals surface area contributed by atoms with Crippen molar-refractivity contribution in [2.45, 2.75) is 19.6 Å². The van der Waals surface area contributed by atoms with Crippen LogP contribution in [0.1, 0.15) is 38.4 Å². The minimum absolute atomic E-state index is 0.0340. The van der Waals surface area contributed by atoms with E-state index in [0.717, 1.165) is 28.0 Å². The van der Waals surface area contributed by atoms with Crippen molar-refractivity contribution in [2.75, 3.05) is 20.8 Å². The maximum atomic E-state index is 14.3. The Kier molecular flexibility index (Phi) is 8.76. The summed E-state index contributed by atoms with van der Waals surface area (Å²) in [6.07, 6.45) is 6.40. The van der Waals surface area contributed by atoms with Crippen molar-refractivity contribution in [3.8, 4) is 35.6 Å². The number of carbonyl (C=O) groups excluding carboxylic acids is 1. The number of carbonyl (C=O) groups is 1. The maximum Gasteiger partial charge on any atom is 0.337 e. The van der Waals surface area contributed by atoms with E-state index >= 15 is 0 Å². The Hall–Kier alpha value is -5.51. The van der Waals surface area contributed by atoms with Crippen LogP contribution in [0.3, 0.4) is 0 Å². The molecule has 2 aromatic heterocycles. The molecule has 5 rings (SSSR count). The zero-order chi connectivity index (χ0) is 30.3. The zero-order valence-electron chi connectivity index (χ0n) is 23.6. The molecule has 0 N–H and O–H groups in total. The highest BCUT2D eigenvalue weighted by molar-refractivity contribution is 5.93. The van der Waals surface area contributed by atoms with Crippen molar-refractivity contribution >= 4 is 17.0 Å². The second-order valence-corrected chi connectivity index (χ2v) is 9.63. The average Bonchev–Trinajstić information content (AvgIpc) is 3.38. The van der Waals surface area contributed by atoms with Crippen LogP contribution in [0.15, 0.2) is 72.8 Å². The third-order valence-electron chi connectivity index (χ3n) is 6.96. The summed E-state index contributed by atoms with van der Waals surface area (Å²) in [4.78, 5) is 21.5. The number of terminal acetylenes is 1. The number of halogens is 1. The Labute approximate surface area is 248 Å². The topological polar surface area (TPSA) is 99.3 Å². The number of aromatic nitrogens is 3. The molecule has 3 aromatic carbocycles. The molecule has 43 heavy (non-hydrogen) atoms. The standard InChI is InChI=1S/C34H27FN4O4/c1-4-23-17-25(29-6-5-7-33(38-29)43-21-27-9-8-22(20-36)16-28(27)35)11-10-24(23)19-32-37-30-13-12-26(34(40)42-3)18-31(30)39(32)14-15-41-2/h1,5-13,16-18H,14-15,19,21H2,2-3H3. The first-order chi connectivity index (χ1) is 20.9. The lowest BCUT2D eigenvalue weighted by Crippen LogP contribution is -2.10. The summed E-state index contributed by atoms with van der Waals surface area (Å²) in [6.45, 7) is 0.969. The summed E-state index contributed by atoms with van der Waals surface area (Å²) in [5, 5.41) is 8.94. The molecule has 8 nitrogen and oxygen atoms in total. The van der Waals surface area contributed by atoms with Crippen LogP contribution < -0.4 is 4.74 Å². The van der Waals surface area contributed by atoms with Crippen molar-refractivity contribution in [2.24, 2.45) is 0 Å². The van der Waals surface area contributed by atoms with Gasteiger partial charge in [-0.15, -0.1) is 6.42 Å². The summed E-state index contributed by atoms with van der Waals surface area (Å²) in [5.74, 6) is 2.96. The van der Waals surface area contributed by atoms with Crippen molar-refractivity contribution in [3.63, 3.8) is 0 Å². The molecule has 0 aliphatic heterocycles. The highest BCUT2D eigenvalue weighted by Crippen LogP contribution is 2.26. The minimum atomic E-state index is -0.510. The highest BCUT2D eigenvalue weighted by Gasteiger charge is 2.16. The third-order valence-corrected chi connectivity index (χ3v) is 6.96. The third kappa shape index (κ3) is 6.38. The zero-order valence-corrected chi connectivity index (χ0v) is 23.6. The number of nitrogens with zero attached hydrogens (tertiary/aromatic N) is 4. The molecule has 0 unspecified atom stereocenters. The fourth-order valence-corrected chi connectivity index (χ4v) is 4.72. The van der Waals surface area contributed by atoms with Crippen LogP contribution in [-0.4, -0.2) is 41.3 Å². The van der Waals surface area contributed by atoms with Gasteiger partial charge in [-0.3, -0.25) is 0 Å². The van der Waals surface area contributed by atoms with Gasteiger partial charge in [0.2, 0.25) is 5.88 Å². The Balaban J connectivity index is 1.40. The molecule has 0 saturated heterocycles. The van der Waals surface area contributed by atoms with Gasteiger partial charge in [-0.2, -0.15) is 5.26 Å². The largest absolute Gasteiger partial charge is 0.473 e. The Morgan fingerprint density at radius 3 is 2.60 bits per heavy atom. The molecular formula is C34H27FN4O4. The van der Waals surface area contributed by atoms with E-state index in [2.05, 4.69) is 10.9 Å². The molecule has 5 aromatic rings. The lowest BCUT2D eigenvalue weighted by molar-refractivity contribution is 0.0601. The number of hydrogen-bond acceptors (Lipinski definition) is 7. The first-order valence-electron chi connectivity index (χ1n) is 13.4. The van der Waals surface area contributed by atoms with Crippen molar-refractivity contribution in [1.82, 2.24) is 14.5 Å². The molecule has 0 aliphatic carbocycles. The SMILES string of the molecule is C#Cc1cc(-c2cccc(OCc3ccc(C#N)cc3F)n2)ccc1Cc1nc2ccc(C(=O)OC)cc2n1CCOC. The van der Waals surface area contributed by atoms with Gasteiger partial charge in [-0.25, -0.2) is 19.2 Å². The quantitative estimate of drug-likeness (QED) is 0.156. The molecule has 0 spiro atoms. The van der Waals surface area contributed by atoms with Gasteiger partial charge in [0.1, 0.15) is 18.2 Å². The van der Waals surface area contributed by atoms with E-state index in [4.69, 9.17) is 30.9 Å². The van der Waals surface area contributed by atoms with Crippen molar-refractivity contribution < 1.29 is 23.4 Å². The number of methoxy groups -OCH3 is 2. The number of fused-ring (bicyclic) bond motifs is 1. The van der Waals surface area contributed by atoms with Crippen LogP contribution in [0, 0.1) is 29.5 Å². The normalized spacial score (nSPS) is 10.7. The van der Waals surface area contributed by atoms with E-state index in [-0.39, 0.29) is 12.2 Å². The van der Waals surface area contributed by atoms with Gasteiger partial charge >= 0.3 is 5.97 Å². The summed E-state index contributed by atoms with van der Waals surface area (Å²) < 4.78 is 32.3. The summed E-state index contributed by atoms with van der Waals surface area (Å²) in [5.41, 5.74) is 5.58. The fourth-order valence-electron chi connectivity index (χ4n) is 4.72. The first-order valence-corrected chi connectivity index (χ1v) is 13.4. The molecule has 0 fully saturated rings. The number of pyridine rings is 1. The summed E-state index contributed by atoms with van der Waals surface area (Å²) in [6, 6.07) is 22.5. The van der Waals surface area contributed by atoms with Crippen molar-refractivity contribution in [1.29, 1.82) is 5.26 Å². The lowest BCUT2D eigenvalue weighted by Gasteiger charge is -2.12. The summed E-state index contributed by atoms with van der Waals surface area (Å²) in [7, 11) is 2.98. The van der Waals surface area contributed by atoms with E-state index in [1.165, 1.54) is 19.2 Å². The number of ether oxygens (including phenoxy) is 3. The molecule has 0 radical (unpaired) electrons. The van der Waals surface area contributed by atoms with Gasteiger partial charge in [-0.1, -0.05) is 30.2 Å². The number of rotatable bonds is 10. The highest BCUT2D eigenvalue weighted by atomic mass is 19.1. The number of hydrogen-bond donors (Lipinski definition) is 0. The molecule has 0 aliphatic rings. The molecule has 9 heteroatoms. The van der Waals surface area contributed by atoms with Gasteiger partial charge < -0.3 is 18.8 Å². The molecule has 0 atom stereocenters. The minimum Gasteiger partial charge on any atom is -0.473 e. The maximum absolute atomic E-state index is 14.3. The van der Waals surface area contributed by atoms with Crippen LogP contribution in [0.5, 0.6) is 5.88 Å². The van der Waals surface area contributed by atoms with Gasteiger partial charge in [-0.05, 0) is 48.0 Å². The average molecular weight is 575 g/mol. The van der Waals surface area contributed by atoms with Crippen molar-refractivity contribution in [3.05, 3.63) is 112 Å². The second-order valence-electron chi connectivity index (χ2n) is 9.63. The first kappa shape index (κ1) is 29.0. The van der Waals surface area contributed by atoms with E-state index in [1.807, 2.05) is 34.9 Å². The van der Waals surface area contributed by atoms with E-state index < -0.39 is 11.8 Å². The molecule has 214 valence electrons. The van der Waals surface area contributed by atoms with Crippen LogP contribution in [0.4, 0.5) is 4.39 Å². The smallest absolute Gasteiger partial charge is 0.337 e. The second kappa shape index (κ2) is 13.0. The molecular weight excluding hydrogens is 547 g/mol. The number of benzene rings is 3. The monoisotopic (exact) mass is 574 g/mol. The Morgan fingerprint density at radius 1 is 1.02 bits per heavy atom.